The molecule has 1 unspecified atom stereocenters. The van der Waals surface area contributed by atoms with Gasteiger partial charge in [-0.05, 0) is 38.5 Å². The van der Waals surface area contributed by atoms with Gasteiger partial charge in [-0.3, -0.25) is 15.0 Å². The number of hydrogen-bond acceptors (Lipinski definition) is 5. The summed E-state index contributed by atoms with van der Waals surface area (Å²) in [7, 11) is 0. The molecule has 0 radical (unpaired) electrons. The first-order valence-corrected chi connectivity index (χ1v) is 8.25. The van der Waals surface area contributed by atoms with Crippen molar-refractivity contribution in [2.45, 2.75) is 39.5 Å². The molecule has 10 heteroatoms. The van der Waals surface area contributed by atoms with Crippen molar-refractivity contribution < 1.29 is 36.6 Å². The molecule has 0 aliphatic rings. The van der Waals surface area contributed by atoms with Gasteiger partial charge < -0.3 is 9.47 Å². The maximum absolute atomic E-state index is 14.1. The van der Waals surface area contributed by atoms with Gasteiger partial charge in [-0.1, -0.05) is 11.6 Å². The summed E-state index contributed by atoms with van der Waals surface area (Å²) in [4.78, 5) is 24.1. The number of halogens is 5. The quantitative estimate of drug-likeness (QED) is 0.302. The highest BCUT2D eigenvalue weighted by molar-refractivity contribution is 6.32. The number of ether oxygens (including phenoxy) is 2. The van der Waals surface area contributed by atoms with Crippen LogP contribution in [0.3, 0.4) is 0 Å². The van der Waals surface area contributed by atoms with E-state index >= 15 is 0 Å². The summed E-state index contributed by atoms with van der Waals surface area (Å²) in [6.45, 7) is 4.40. The van der Waals surface area contributed by atoms with Gasteiger partial charge in [0.15, 0.2) is 11.7 Å². The second-order valence-electron chi connectivity index (χ2n) is 5.78. The Balaban J connectivity index is 3.21. The lowest BCUT2D eigenvalue weighted by Gasteiger charge is -2.18. The van der Waals surface area contributed by atoms with E-state index in [9.17, 15) is 27.2 Å². The van der Waals surface area contributed by atoms with Crippen molar-refractivity contribution in [3.05, 3.63) is 28.5 Å². The van der Waals surface area contributed by atoms with Gasteiger partial charge in [-0.25, -0.2) is 4.39 Å². The first kappa shape index (κ1) is 22.9. The van der Waals surface area contributed by atoms with Crippen molar-refractivity contribution in [1.29, 1.82) is 5.41 Å². The van der Waals surface area contributed by atoms with E-state index < -0.39 is 41.8 Å². The van der Waals surface area contributed by atoms with E-state index in [2.05, 4.69) is 4.74 Å². The molecule has 1 atom stereocenters. The molecule has 27 heavy (non-hydrogen) atoms. The minimum Gasteiger partial charge on any atom is -0.489 e. The van der Waals surface area contributed by atoms with Crippen LogP contribution in [-0.4, -0.2) is 36.4 Å². The zero-order valence-electron chi connectivity index (χ0n) is 14.7. The molecule has 0 aliphatic carbocycles. The number of Topliss-reactive ketones (excluding diaryl/α,β-unsaturated/α-hetero) is 1. The third-order valence-electron chi connectivity index (χ3n) is 3.27. The maximum atomic E-state index is 14.1. The topological polar surface area (TPSA) is 76.5 Å². The Labute approximate surface area is 158 Å². The van der Waals surface area contributed by atoms with Crippen LogP contribution in [0.4, 0.5) is 17.6 Å². The Hall–Kier alpha value is -2.16. The Morgan fingerprint density at radius 1 is 1.26 bits per heavy atom. The molecule has 1 rings (SSSR count). The number of benzene rings is 1. The number of esters is 1. The van der Waals surface area contributed by atoms with Crippen LogP contribution in [0.1, 0.15) is 26.3 Å². The lowest BCUT2D eigenvalue weighted by atomic mass is 9.92. The number of alkyl halides is 3. The van der Waals surface area contributed by atoms with Crippen LogP contribution >= 0.6 is 11.6 Å². The highest BCUT2D eigenvalue weighted by atomic mass is 35.5. The van der Waals surface area contributed by atoms with E-state index in [0.29, 0.717) is 0 Å². The van der Waals surface area contributed by atoms with Gasteiger partial charge >= 0.3 is 12.1 Å². The van der Waals surface area contributed by atoms with E-state index in [1.165, 1.54) is 6.92 Å². The molecule has 0 bridgehead atoms. The fourth-order valence-corrected chi connectivity index (χ4v) is 2.34. The summed E-state index contributed by atoms with van der Waals surface area (Å²) in [5.74, 6) is -6.26. The van der Waals surface area contributed by atoms with Crippen LogP contribution in [-0.2, 0) is 20.7 Å². The number of ketones is 1. The SMILES string of the molecule is CCOC(=O)C(C(=N)C(F)(F)F)C(=O)Cc1cc(OC(C)C)c(Cl)cc1F. The predicted molar refractivity (Wildman–Crippen MR) is 89.8 cm³/mol. The number of rotatable bonds is 8. The number of hydrogen-bond donors (Lipinski definition) is 1. The molecule has 0 amide bonds. The molecular weight excluding hydrogens is 394 g/mol. The van der Waals surface area contributed by atoms with Crippen molar-refractivity contribution in [2.75, 3.05) is 6.61 Å². The van der Waals surface area contributed by atoms with E-state index in [-0.39, 0.29) is 29.0 Å². The molecule has 150 valence electrons. The lowest BCUT2D eigenvalue weighted by molar-refractivity contribution is -0.150. The fourth-order valence-electron chi connectivity index (χ4n) is 2.14. The summed E-state index contributed by atoms with van der Waals surface area (Å²) >= 11 is 5.84. The van der Waals surface area contributed by atoms with Crippen LogP contribution in [0.5, 0.6) is 5.75 Å². The van der Waals surface area contributed by atoms with Crippen molar-refractivity contribution in [2.24, 2.45) is 5.92 Å². The van der Waals surface area contributed by atoms with Crippen LogP contribution in [0.15, 0.2) is 12.1 Å². The molecule has 0 saturated carbocycles. The molecular formula is C17H18ClF4NO4. The van der Waals surface area contributed by atoms with Crippen molar-refractivity contribution in [3.63, 3.8) is 0 Å². The zero-order chi connectivity index (χ0) is 20.9. The van der Waals surface area contributed by atoms with Crippen LogP contribution in [0.25, 0.3) is 0 Å². The molecule has 0 aliphatic heterocycles. The van der Waals surface area contributed by atoms with E-state index in [4.69, 9.17) is 21.7 Å². The van der Waals surface area contributed by atoms with Gasteiger partial charge in [-0.2, -0.15) is 13.2 Å². The van der Waals surface area contributed by atoms with Crippen LogP contribution < -0.4 is 4.74 Å². The first-order valence-electron chi connectivity index (χ1n) is 7.88. The van der Waals surface area contributed by atoms with E-state index in [1.54, 1.807) is 13.8 Å². The Morgan fingerprint density at radius 2 is 1.85 bits per heavy atom. The lowest BCUT2D eigenvalue weighted by Crippen LogP contribution is -2.41. The number of nitrogens with one attached hydrogen (secondary N) is 1. The van der Waals surface area contributed by atoms with Gasteiger partial charge in [0.2, 0.25) is 0 Å². The molecule has 1 aromatic rings. The summed E-state index contributed by atoms with van der Waals surface area (Å²) < 4.78 is 62.4. The molecule has 0 fully saturated rings. The molecule has 5 nitrogen and oxygen atoms in total. The fraction of sp³-hybridized carbons (Fsp3) is 0.471. The third kappa shape index (κ3) is 6.20. The van der Waals surface area contributed by atoms with Gasteiger partial charge in [-0.15, -0.1) is 0 Å². The summed E-state index contributed by atoms with van der Waals surface area (Å²) in [6.07, 6.45) is -6.42. The Bertz CT molecular complexity index is 734. The average Bonchev–Trinajstić information content (AvgIpc) is 2.51. The van der Waals surface area contributed by atoms with Gasteiger partial charge in [0.05, 0.1) is 17.7 Å². The summed E-state index contributed by atoms with van der Waals surface area (Å²) in [6, 6.07) is 1.94. The minimum absolute atomic E-state index is 0.0365. The Kier molecular flexibility index (Phi) is 7.77. The van der Waals surface area contributed by atoms with E-state index in [0.717, 1.165) is 12.1 Å². The maximum Gasteiger partial charge on any atom is 0.430 e. The zero-order valence-corrected chi connectivity index (χ0v) is 15.5. The molecule has 1 N–H and O–H groups in total. The minimum atomic E-state index is -5.21. The van der Waals surface area contributed by atoms with E-state index in [1.807, 2.05) is 0 Å². The van der Waals surface area contributed by atoms with Crippen LogP contribution in [0, 0.1) is 17.1 Å². The Morgan fingerprint density at radius 3 is 2.33 bits per heavy atom. The molecule has 0 aromatic heterocycles. The van der Waals surface area contributed by atoms with Crippen molar-refractivity contribution in [3.8, 4) is 5.75 Å². The molecule has 0 saturated heterocycles. The predicted octanol–water partition coefficient (Wildman–Crippen LogP) is 4.14. The molecule has 0 spiro atoms. The number of carbonyl (C=O) groups excluding carboxylic acids is 2. The van der Waals surface area contributed by atoms with Crippen molar-refractivity contribution in [1.82, 2.24) is 0 Å². The molecule has 1 aromatic carbocycles. The highest BCUT2D eigenvalue weighted by Crippen LogP contribution is 2.30. The highest BCUT2D eigenvalue weighted by Gasteiger charge is 2.46. The first-order chi connectivity index (χ1) is 12.4. The smallest absolute Gasteiger partial charge is 0.430 e. The van der Waals surface area contributed by atoms with Crippen LogP contribution in [0.2, 0.25) is 5.02 Å². The average molecular weight is 412 g/mol. The molecule has 0 heterocycles. The normalized spacial score (nSPS) is 12.6. The van der Waals surface area contributed by atoms with Gasteiger partial charge in [0.25, 0.3) is 0 Å². The second-order valence-corrected chi connectivity index (χ2v) is 6.19. The summed E-state index contributed by atoms with van der Waals surface area (Å²) in [5, 5.41) is 7.06. The second kappa shape index (κ2) is 9.16. The third-order valence-corrected chi connectivity index (χ3v) is 3.56. The summed E-state index contributed by atoms with van der Waals surface area (Å²) in [5.41, 5.74) is -2.39. The standard InChI is InChI=1S/C17H18ClF4NO4/c1-4-26-16(25)14(15(23)17(20,21)22)12(24)5-9-6-13(27-8(2)3)10(18)7-11(9)19/h6-8,14,23H,4-5H2,1-3H3. The largest absolute Gasteiger partial charge is 0.489 e. The van der Waals surface area contributed by atoms with Gasteiger partial charge in [0.1, 0.15) is 17.3 Å². The number of carbonyl (C=O) groups is 2. The monoisotopic (exact) mass is 411 g/mol. The van der Waals surface area contributed by atoms with Gasteiger partial charge in [0, 0.05) is 6.42 Å². The van der Waals surface area contributed by atoms with Crippen molar-refractivity contribution >= 4 is 29.1 Å².